The molecule has 0 fully saturated rings. The molecule has 0 spiro atoms. The molecule has 0 heterocycles. The zero-order chi connectivity index (χ0) is 8.69. The first-order valence-corrected chi connectivity index (χ1v) is 3.40. The molecule has 0 N–H and O–H groups in total. The molecule has 0 unspecified atom stereocenters. The summed E-state index contributed by atoms with van der Waals surface area (Å²) in [6.45, 7) is 3.78. The standard InChI is InChI=1S/C8H11NO2/c1-3-11-6-8(5-9)4-7(2)10/h6H,3-4H2,1-2H3. The lowest BCUT2D eigenvalue weighted by molar-refractivity contribution is -0.116. The van der Waals surface area contributed by atoms with E-state index in [9.17, 15) is 4.79 Å². The van der Waals surface area contributed by atoms with Crippen molar-refractivity contribution < 1.29 is 9.53 Å². The maximum absolute atomic E-state index is 10.5. The normalized spacial score (nSPS) is 10.5. The van der Waals surface area contributed by atoms with Crippen molar-refractivity contribution in [1.29, 1.82) is 5.26 Å². The van der Waals surface area contributed by atoms with E-state index in [-0.39, 0.29) is 12.2 Å². The Balaban J connectivity index is 3.97. The molecule has 0 amide bonds. The maximum Gasteiger partial charge on any atom is 0.135 e. The summed E-state index contributed by atoms with van der Waals surface area (Å²) in [6, 6.07) is 1.88. The van der Waals surface area contributed by atoms with Crippen LogP contribution in [0.4, 0.5) is 0 Å². The van der Waals surface area contributed by atoms with Crippen molar-refractivity contribution >= 4 is 5.78 Å². The summed E-state index contributed by atoms with van der Waals surface area (Å²) in [4.78, 5) is 10.5. The van der Waals surface area contributed by atoms with Gasteiger partial charge in [0, 0.05) is 6.42 Å². The molecule has 3 heteroatoms. The van der Waals surface area contributed by atoms with Crippen LogP contribution in [0.3, 0.4) is 0 Å². The first-order chi connectivity index (χ1) is 5.20. The third-order valence-electron chi connectivity index (χ3n) is 0.975. The number of allylic oxidation sites excluding steroid dienone is 1. The molecule has 0 saturated carbocycles. The monoisotopic (exact) mass is 153 g/mol. The van der Waals surface area contributed by atoms with E-state index >= 15 is 0 Å². The SMILES string of the molecule is CCOC=C(C#N)CC(C)=O. The van der Waals surface area contributed by atoms with Gasteiger partial charge in [-0.1, -0.05) is 0 Å². The predicted octanol–water partition coefficient (Wildman–Crippen LogP) is 1.41. The molecule has 0 aliphatic carbocycles. The number of Topliss-reactive ketones (excluding diaryl/α,β-unsaturated/α-hetero) is 1. The molecule has 0 aliphatic heterocycles. The van der Waals surface area contributed by atoms with Crippen LogP contribution in [-0.2, 0) is 9.53 Å². The fourth-order valence-corrected chi connectivity index (χ4v) is 0.560. The molecule has 0 aromatic carbocycles. The Morgan fingerprint density at radius 1 is 1.73 bits per heavy atom. The number of nitrogens with zero attached hydrogens (tertiary/aromatic N) is 1. The molecule has 0 radical (unpaired) electrons. The van der Waals surface area contributed by atoms with Crippen molar-refractivity contribution in [1.82, 2.24) is 0 Å². The highest BCUT2D eigenvalue weighted by molar-refractivity contribution is 5.78. The summed E-state index contributed by atoms with van der Waals surface area (Å²) in [7, 11) is 0. The van der Waals surface area contributed by atoms with Crippen LogP contribution < -0.4 is 0 Å². The molecule has 0 aliphatic rings. The third-order valence-corrected chi connectivity index (χ3v) is 0.975. The molecule has 0 aromatic heterocycles. The minimum absolute atomic E-state index is 0.0301. The van der Waals surface area contributed by atoms with Gasteiger partial charge >= 0.3 is 0 Å². The average molecular weight is 153 g/mol. The first kappa shape index (κ1) is 9.70. The van der Waals surface area contributed by atoms with Crippen LogP contribution in [0.15, 0.2) is 11.8 Å². The molecule has 3 nitrogen and oxygen atoms in total. The van der Waals surface area contributed by atoms with Crippen molar-refractivity contribution in [3.63, 3.8) is 0 Å². The number of ether oxygens (including phenoxy) is 1. The van der Waals surface area contributed by atoms with E-state index in [1.165, 1.54) is 13.2 Å². The van der Waals surface area contributed by atoms with Gasteiger partial charge in [0.1, 0.15) is 5.78 Å². The Hall–Kier alpha value is -1.30. The van der Waals surface area contributed by atoms with E-state index < -0.39 is 0 Å². The van der Waals surface area contributed by atoms with E-state index in [0.717, 1.165) is 0 Å². The van der Waals surface area contributed by atoms with Gasteiger partial charge in [-0.05, 0) is 13.8 Å². The number of carbonyl (C=O) groups is 1. The summed E-state index contributed by atoms with van der Waals surface area (Å²) in [5, 5.41) is 8.45. The van der Waals surface area contributed by atoms with Crippen LogP contribution in [0.2, 0.25) is 0 Å². The minimum atomic E-state index is -0.0301. The Morgan fingerprint density at radius 3 is 2.73 bits per heavy atom. The van der Waals surface area contributed by atoms with Crippen LogP contribution in [0.1, 0.15) is 20.3 Å². The van der Waals surface area contributed by atoms with Gasteiger partial charge in [-0.25, -0.2) is 0 Å². The topological polar surface area (TPSA) is 50.1 Å². The lowest BCUT2D eigenvalue weighted by atomic mass is 10.2. The highest BCUT2D eigenvalue weighted by Gasteiger charge is 1.99. The lowest BCUT2D eigenvalue weighted by Crippen LogP contribution is -1.92. The number of hydrogen-bond acceptors (Lipinski definition) is 3. The first-order valence-electron chi connectivity index (χ1n) is 3.40. The number of rotatable bonds is 4. The summed E-state index contributed by atoms with van der Waals surface area (Å²) in [5.41, 5.74) is 0.374. The van der Waals surface area contributed by atoms with E-state index in [4.69, 9.17) is 10.00 Å². The number of hydrogen-bond donors (Lipinski definition) is 0. The number of carbonyl (C=O) groups excluding carboxylic acids is 1. The molecule has 0 bridgehead atoms. The predicted molar refractivity (Wildman–Crippen MR) is 40.6 cm³/mol. The van der Waals surface area contributed by atoms with Crippen molar-refractivity contribution in [2.45, 2.75) is 20.3 Å². The Bertz CT molecular complexity index is 201. The number of ketones is 1. The third kappa shape index (κ3) is 5.16. The van der Waals surface area contributed by atoms with E-state index in [2.05, 4.69) is 0 Å². The molecule has 11 heavy (non-hydrogen) atoms. The molecule has 0 atom stereocenters. The van der Waals surface area contributed by atoms with Gasteiger partial charge in [0.05, 0.1) is 24.5 Å². The lowest BCUT2D eigenvalue weighted by Gasteiger charge is -1.95. The second-order valence-corrected chi connectivity index (χ2v) is 2.09. The van der Waals surface area contributed by atoms with E-state index in [0.29, 0.717) is 12.2 Å². The quantitative estimate of drug-likeness (QED) is 0.453. The second kappa shape index (κ2) is 5.48. The molecular formula is C8H11NO2. The molecule has 0 aromatic rings. The van der Waals surface area contributed by atoms with Gasteiger partial charge in [-0.2, -0.15) is 5.26 Å². The van der Waals surface area contributed by atoms with Crippen molar-refractivity contribution in [2.24, 2.45) is 0 Å². The summed E-state index contributed by atoms with van der Waals surface area (Å²) < 4.78 is 4.85. The summed E-state index contributed by atoms with van der Waals surface area (Å²) >= 11 is 0. The molecular weight excluding hydrogens is 142 g/mol. The summed E-state index contributed by atoms with van der Waals surface area (Å²) in [5.74, 6) is -0.0301. The zero-order valence-electron chi connectivity index (χ0n) is 6.76. The highest BCUT2D eigenvalue weighted by Crippen LogP contribution is 2.00. The van der Waals surface area contributed by atoms with Crippen molar-refractivity contribution in [2.75, 3.05) is 6.61 Å². The van der Waals surface area contributed by atoms with Gasteiger partial charge in [0.25, 0.3) is 0 Å². The van der Waals surface area contributed by atoms with Gasteiger partial charge in [0.15, 0.2) is 0 Å². The smallest absolute Gasteiger partial charge is 0.135 e. The maximum atomic E-state index is 10.5. The van der Waals surface area contributed by atoms with Crippen LogP contribution >= 0.6 is 0 Å². The fourth-order valence-electron chi connectivity index (χ4n) is 0.560. The van der Waals surface area contributed by atoms with Crippen LogP contribution in [0.5, 0.6) is 0 Å². The Kier molecular flexibility index (Phi) is 4.83. The summed E-state index contributed by atoms with van der Waals surface area (Å²) in [6.07, 6.45) is 1.50. The van der Waals surface area contributed by atoms with Crippen molar-refractivity contribution in [3.8, 4) is 6.07 Å². The Morgan fingerprint density at radius 2 is 2.36 bits per heavy atom. The van der Waals surface area contributed by atoms with E-state index in [1.54, 1.807) is 0 Å². The van der Waals surface area contributed by atoms with Gasteiger partial charge < -0.3 is 4.74 Å². The van der Waals surface area contributed by atoms with Crippen LogP contribution in [0.25, 0.3) is 0 Å². The largest absolute Gasteiger partial charge is 0.500 e. The zero-order valence-corrected chi connectivity index (χ0v) is 6.76. The van der Waals surface area contributed by atoms with Gasteiger partial charge in [-0.3, -0.25) is 4.79 Å². The second-order valence-electron chi connectivity index (χ2n) is 2.09. The molecule has 0 rings (SSSR count). The fraction of sp³-hybridized carbons (Fsp3) is 0.500. The average Bonchev–Trinajstić information content (AvgIpc) is 1.97. The minimum Gasteiger partial charge on any atom is -0.500 e. The molecule has 0 saturated heterocycles. The van der Waals surface area contributed by atoms with E-state index in [1.807, 2.05) is 13.0 Å². The van der Waals surface area contributed by atoms with Crippen LogP contribution in [0, 0.1) is 11.3 Å². The number of nitriles is 1. The van der Waals surface area contributed by atoms with Gasteiger partial charge in [0.2, 0.25) is 0 Å². The highest BCUT2D eigenvalue weighted by atomic mass is 16.5. The van der Waals surface area contributed by atoms with Crippen molar-refractivity contribution in [3.05, 3.63) is 11.8 Å². The van der Waals surface area contributed by atoms with Gasteiger partial charge in [-0.15, -0.1) is 0 Å². The molecule has 60 valence electrons. The van der Waals surface area contributed by atoms with Crippen LogP contribution in [-0.4, -0.2) is 12.4 Å². The Labute approximate surface area is 66.3 Å².